The number of alkyl halides is 6. The largest absolute Gasteiger partial charge is 0.504 e. The zero-order valence-electron chi connectivity index (χ0n) is 34.0. The average Bonchev–Trinajstić information content (AvgIpc) is 3.24. The van der Waals surface area contributed by atoms with Gasteiger partial charge >= 0.3 is 12.4 Å². The summed E-state index contributed by atoms with van der Waals surface area (Å²) in [5, 5.41) is 21.8. The summed E-state index contributed by atoms with van der Waals surface area (Å²) in [6, 6.07) is 16.7. The molecule has 2 saturated heterocycles. The predicted molar refractivity (Wildman–Crippen MR) is 227 cm³/mol. The summed E-state index contributed by atoms with van der Waals surface area (Å²) in [6.45, 7) is 5.33. The van der Waals surface area contributed by atoms with Gasteiger partial charge in [0.25, 0.3) is 0 Å². The molecular weight excluding hydrogens is 842 g/mol. The van der Waals surface area contributed by atoms with Crippen molar-refractivity contribution in [2.24, 2.45) is 0 Å². The molecule has 2 N–H and O–H groups in total. The topological polar surface area (TPSA) is 106 Å². The molecule has 6 rings (SSSR count). The number of phenols is 2. The van der Waals surface area contributed by atoms with Gasteiger partial charge in [-0.25, -0.2) is 0 Å². The number of benzene rings is 4. The van der Waals surface area contributed by atoms with Crippen LogP contribution in [0.15, 0.2) is 84.9 Å². The molecule has 62 heavy (non-hydrogen) atoms. The first-order valence-electron chi connectivity index (χ1n) is 19.5. The Morgan fingerprint density at radius 1 is 0.581 bits per heavy atom. The van der Waals surface area contributed by atoms with E-state index in [2.05, 4.69) is 9.80 Å². The first-order valence-corrected chi connectivity index (χ1v) is 19.5. The van der Waals surface area contributed by atoms with Crippen LogP contribution in [-0.4, -0.2) is 98.2 Å². The van der Waals surface area contributed by atoms with Crippen LogP contribution < -0.4 is 19.3 Å². The lowest BCUT2D eigenvalue weighted by atomic mass is 10.0. The maximum Gasteiger partial charge on any atom is 0.416 e. The number of hydrogen-bond donors (Lipinski definition) is 2. The number of ketones is 2. The number of carbonyl (C=O) groups is 2. The lowest BCUT2D eigenvalue weighted by Gasteiger charge is -2.36. The second kappa shape index (κ2) is 20.4. The molecule has 4 aromatic carbocycles. The molecule has 0 bridgehead atoms. The van der Waals surface area contributed by atoms with Crippen molar-refractivity contribution in [2.45, 2.75) is 31.9 Å². The van der Waals surface area contributed by atoms with Gasteiger partial charge in [0.1, 0.15) is 0 Å². The van der Waals surface area contributed by atoms with E-state index in [9.17, 15) is 46.1 Å². The van der Waals surface area contributed by atoms with E-state index < -0.39 is 41.5 Å². The van der Waals surface area contributed by atoms with Crippen LogP contribution in [0.4, 0.5) is 37.7 Å². The van der Waals surface area contributed by atoms with E-state index in [0.717, 1.165) is 24.3 Å². The molecule has 0 unspecified atom stereocenters. The lowest BCUT2D eigenvalue weighted by Crippen LogP contribution is -2.46. The molecule has 0 amide bonds. The highest BCUT2D eigenvalue weighted by Crippen LogP contribution is 2.36. The zero-order valence-corrected chi connectivity index (χ0v) is 34.8. The van der Waals surface area contributed by atoms with E-state index in [-0.39, 0.29) is 35.4 Å². The Bertz CT molecular complexity index is 2080. The number of carbonyl (C=O) groups excluding carboxylic acids is 2. The van der Waals surface area contributed by atoms with Gasteiger partial charge in [-0.15, -0.1) is 12.4 Å². The summed E-state index contributed by atoms with van der Waals surface area (Å²) in [5.41, 5.74) is 2.22. The number of ether oxygens (including phenoxy) is 2. The molecule has 332 valence electrons. The predicted octanol–water partition coefficient (Wildman–Crippen LogP) is 8.47. The van der Waals surface area contributed by atoms with Gasteiger partial charge in [0.15, 0.2) is 34.6 Å². The number of methoxy groups -OCH3 is 2. The van der Waals surface area contributed by atoms with E-state index in [1.165, 1.54) is 62.8 Å². The van der Waals surface area contributed by atoms with E-state index in [1.54, 1.807) is 24.3 Å². The van der Waals surface area contributed by atoms with E-state index in [4.69, 9.17) is 9.47 Å². The van der Waals surface area contributed by atoms with Crippen molar-refractivity contribution in [1.82, 2.24) is 9.80 Å². The molecule has 0 aromatic heterocycles. The van der Waals surface area contributed by atoms with Crippen molar-refractivity contribution in [3.8, 4) is 23.0 Å². The van der Waals surface area contributed by atoms with Gasteiger partial charge in [0.05, 0.1) is 31.8 Å². The van der Waals surface area contributed by atoms with Crippen LogP contribution in [0.1, 0.15) is 39.8 Å². The number of hydrogen-bond acceptors (Lipinski definition) is 10. The van der Waals surface area contributed by atoms with Crippen LogP contribution in [0.25, 0.3) is 12.2 Å². The van der Waals surface area contributed by atoms with Crippen LogP contribution in [0.5, 0.6) is 23.0 Å². The molecule has 2 aliphatic rings. The maximum absolute atomic E-state index is 13.0. The van der Waals surface area contributed by atoms with Gasteiger partial charge in [0.2, 0.25) is 0 Å². The zero-order chi connectivity index (χ0) is 43.9. The summed E-state index contributed by atoms with van der Waals surface area (Å²) >= 11 is 0. The highest BCUT2D eigenvalue weighted by atomic mass is 35.5. The Morgan fingerprint density at radius 3 is 1.23 bits per heavy atom. The van der Waals surface area contributed by atoms with Gasteiger partial charge in [0, 0.05) is 87.9 Å². The van der Waals surface area contributed by atoms with Crippen LogP contribution in [0.2, 0.25) is 0 Å². The Kier molecular flexibility index (Phi) is 15.6. The summed E-state index contributed by atoms with van der Waals surface area (Å²) in [4.78, 5) is 33.9. The number of anilines is 2. The maximum atomic E-state index is 13.0. The fourth-order valence-electron chi connectivity index (χ4n) is 7.32. The molecule has 2 fully saturated rings. The van der Waals surface area contributed by atoms with Gasteiger partial charge in [-0.3, -0.25) is 19.4 Å². The SMILES string of the molecule is COc1cc(/C=C/C(=O)CC(=O)/C=C/c2cc(CN3CCN(c4ccc(C(F)(F)F)cc4)CC3)c(O)c(OC)c2)cc(CN2CCN(c3ccc(C(F)(F)F)cc3)CC2)c1O.Cl. The highest BCUT2D eigenvalue weighted by molar-refractivity contribution is 6.11. The Morgan fingerprint density at radius 2 is 0.919 bits per heavy atom. The molecule has 4 aromatic rings. The summed E-state index contributed by atoms with van der Waals surface area (Å²) in [6.07, 6.45) is -3.59. The second-order valence-electron chi connectivity index (χ2n) is 14.9. The monoisotopic (exact) mass is 888 g/mol. The van der Waals surface area contributed by atoms with E-state index in [0.29, 0.717) is 99.1 Å². The van der Waals surface area contributed by atoms with Crippen LogP contribution >= 0.6 is 12.4 Å². The van der Waals surface area contributed by atoms with Crippen molar-refractivity contribution in [1.29, 1.82) is 0 Å². The minimum absolute atomic E-state index is 0. The third-order valence-corrected chi connectivity index (χ3v) is 10.7. The number of allylic oxidation sites excluding steroid dienone is 2. The van der Waals surface area contributed by atoms with Gasteiger partial charge in [-0.2, -0.15) is 26.3 Å². The smallest absolute Gasteiger partial charge is 0.416 e. The fraction of sp³-hybridized carbons (Fsp3) is 0.333. The number of nitrogens with zero attached hydrogens (tertiary/aromatic N) is 4. The molecule has 10 nitrogen and oxygen atoms in total. The van der Waals surface area contributed by atoms with Crippen molar-refractivity contribution in [2.75, 3.05) is 76.4 Å². The van der Waals surface area contributed by atoms with Crippen molar-refractivity contribution >= 4 is 47.5 Å². The standard InChI is InChI=1S/C45H46F6N4O6.ClH/c1-60-40-25-30(23-32(42(40)58)28-52-15-19-54(20-16-52)36-9-5-34(6-10-36)44(46,47)48)3-13-38(56)27-39(57)14-4-31-24-33(43(59)41(26-31)61-2)29-53-17-21-55(22-18-53)37-11-7-35(8-12-37)45(49,50)51;/h3-14,23-26,58-59H,15-22,27-29H2,1-2H3;1H/b13-3+,14-4+;. The first kappa shape index (κ1) is 47.3. The fourth-order valence-corrected chi connectivity index (χ4v) is 7.32. The quantitative estimate of drug-likeness (QED) is 0.0728. The molecule has 0 aliphatic carbocycles. The molecule has 17 heteroatoms. The van der Waals surface area contributed by atoms with Gasteiger partial charge in [-0.1, -0.05) is 12.2 Å². The van der Waals surface area contributed by atoms with Crippen LogP contribution in [0.3, 0.4) is 0 Å². The Hall–Kier alpha value is -5.71. The first-order chi connectivity index (χ1) is 29.0. The molecule has 0 saturated carbocycles. The summed E-state index contributed by atoms with van der Waals surface area (Å²) < 4.78 is 88.7. The minimum Gasteiger partial charge on any atom is -0.504 e. The van der Waals surface area contributed by atoms with E-state index >= 15 is 0 Å². The lowest BCUT2D eigenvalue weighted by molar-refractivity contribution is -0.138. The number of phenolic OH excluding ortho intramolecular Hbond substituents is 2. The number of rotatable bonds is 14. The number of aromatic hydroxyl groups is 2. The summed E-state index contributed by atoms with van der Waals surface area (Å²) in [7, 11) is 2.82. The van der Waals surface area contributed by atoms with Gasteiger partial charge in [-0.05, 0) is 96.1 Å². The number of piperazine rings is 2. The van der Waals surface area contributed by atoms with Gasteiger partial charge < -0.3 is 29.5 Å². The van der Waals surface area contributed by atoms with Crippen molar-refractivity contribution in [3.63, 3.8) is 0 Å². The molecule has 0 atom stereocenters. The third kappa shape index (κ3) is 12.2. The average molecular weight is 889 g/mol. The minimum atomic E-state index is -4.40. The molecule has 2 heterocycles. The van der Waals surface area contributed by atoms with Crippen molar-refractivity contribution < 1.29 is 55.6 Å². The van der Waals surface area contributed by atoms with Crippen molar-refractivity contribution in [3.05, 3.63) is 118 Å². The highest BCUT2D eigenvalue weighted by Gasteiger charge is 2.31. The molecular formula is C45H47ClF6N4O6. The van der Waals surface area contributed by atoms with Crippen LogP contribution in [0, 0.1) is 0 Å². The molecule has 0 spiro atoms. The Balaban J connectivity index is 0.00000726. The van der Waals surface area contributed by atoms with E-state index in [1.807, 2.05) is 9.80 Å². The molecule has 2 aliphatic heterocycles. The summed E-state index contributed by atoms with van der Waals surface area (Å²) in [5.74, 6) is -0.606. The number of halogens is 7. The second-order valence-corrected chi connectivity index (χ2v) is 14.9. The molecule has 0 radical (unpaired) electrons. The van der Waals surface area contributed by atoms with Crippen LogP contribution in [-0.2, 0) is 35.0 Å². The normalized spacial score (nSPS) is 15.5. The Labute approximate surface area is 361 Å². The third-order valence-electron chi connectivity index (χ3n) is 10.7.